The zero-order valence-electron chi connectivity index (χ0n) is 9.44. The summed E-state index contributed by atoms with van der Waals surface area (Å²) in [6.07, 6.45) is 0. The quantitative estimate of drug-likeness (QED) is 0.505. The molecule has 0 fully saturated rings. The summed E-state index contributed by atoms with van der Waals surface area (Å²) in [4.78, 5) is 15.2. The van der Waals surface area contributed by atoms with E-state index >= 15 is 0 Å². The number of thiophene rings is 1. The molecule has 4 aromatic rings. The highest BCUT2D eigenvalue weighted by Crippen LogP contribution is 2.35. The van der Waals surface area contributed by atoms with Crippen molar-refractivity contribution < 1.29 is 0 Å². The normalized spacial score (nSPS) is 11.6. The third kappa shape index (κ3) is 1.19. The standard InChI is InChI=1S/C15H9NOS/c17-15-13-10-6-2-4-8-12(10)18-14(13)9-5-1-3-7-11(9)16-15/h1-8H,(H,16,17). The number of pyridine rings is 1. The molecule has 4 rings (SSSR count). The predicted octanol–water partition coefficient (Wildman–Crippen LogP) is 3.90. The second-order valence-corrected chi connectivity index (χ2v) is 5.35. The van der Waals surface area contributed by atoms with Crippen LogP contribution >= 0.6 is 11.3 Å². The molecule has 0 aliphatic rings. The molecule has 18 heavy (non-hydrogen) atoms. The molecule has 1 N–H and O–H groups in total. The Balaban J connectivity index is 2.42. The fourth-order valence-electron chi connectivity index (χ4n) is 2.44. The third-order valence-electron chi connectivity index (χ3n) is 3.24. The number of rotatable bonds is 0. The first-order valence-corrected chi connectivity index (χ1v) is 6.58. The number of aromatic amines is 1. The van der Waals surface area contributed by atoms with Crippen molar-refractivity contribution in [2.75, 3.05) is 0 Å². The van der Waals surface area contributed by atoms with E-state index in [9.17, 15) is 4.79 Å². The van der Waals surface area contributed by atoms with E-state index < -0.39 is 0 Å². The van der Waals surface area contributed by atoms with Crippen LogP contribution < -0.4 is 5.56 Å². The number of fused-ring (bicyclic) bond motifs is 5. The average molecular weight is 251 g/mol. The number of hydrogen-bond donors (Lipinski definition) is 1. The third-order valence-corrected chi connectivity index (χ3v) is 4.45. The molecule has 0 saturated carbocycles. The van der Waals surface area contributed by atoms with Gasteiger partial charge in [0.2, 0.25) is 0 Å². The van der Waals surface area contributed by atoms with E-state index in [0.29, 0.717) is 0 Å². The number of aromatic nitrogens is 1. The van der Waals surface area contributed by atoms with Gasteiger partial charge in [0.25, 0.3) is 5.56 Å². The monoisotopic (exact) mass is 251 g/mol. The molecular weight excluding hydrogens is 242 g/mol. The van der Waals surface area contributed by atoms with Crippen LogP contribution in [0.2, 0.25) is 0 Å². The minimum atomic E-state index is 0.00106. The summed E-state index contributed by atoms with van der Waals surface area (Å²) in [5, 5.41) is 2.98. The highest BCUT2D eigenvalue weighted by molar-refractivity contribution is 7.26. The molecule has 2 nitrogen and oxygen atoms in total. The predicted molar refractivity (Wildman–Crippen MR) is 77.5 cm³/mol. The lowest BCUT2D eigenvalue weighted by molar-refractivity contribution is 1.35. The van der Waals surface area contributed by atoms with E-state index in [4.69, 9.17) is 0 Å². The van der Waals surface area contributed by atoms with Crippen molar-refractivity contribution in [3.63, 3.8) is 0 Å². The number of benzene rings is 2. The number of hydrogen-bond acceptors (Lipinski definition) is 2. The van der Waals surface area contributed by atoms with Gasteiger partial charge < -0.3 is 4.98 Å². The Hall–Kier alpha value is -2.13. The molecule has 0 spiro atoms. The molecule has 2 aromatic carbocycles. The zero-order valence-corrected chi connectivity index (χ0v) is 10.3. The highest BCUT2D eigenvalue weighted by Gasteiger charge is 2.11. The van der Waals surface area contributed by atoms with E-state index in [-0.39, 0.29) is 5.56 Å². The second kappa shape index (κ2) is 3.43. The maximum Gasteiger partial charge on any atom is 0.257 e. The van der Waals surface area contributed by atoms with E-state index in [1.807, 2.05) is 36.4 Å². The number of H-pyrrole nitrogens is 1. The molecule has 2 aromatic heterocycles. The van der Waals surface area contributed by atoms with Crippen LogP contribution in [0, 0.1) is 0 Å². The number of nitrogens with one attached hydrogen (secondary N) is 1. The molecule has 0 radical (unpaired) electrons. The summed E-state index contributed by atoms with van der Waals surface area (Å²) in [5.74, 6) is 0. The van der Waals surface area contributed by atoms with Gasteiger partial charge in [-0.05, 0) is 12.1 Å². The highest BCUT2D eigenvalue weighted by atomic mass is 32.1. The topological polar surface area (TPSA) is 32.9 Å². The van der Waals surface area contributed by atoms with Crippen molar-refractivity contribution in [2.45, 2.75) is 0 Å². The van der Waals surface area contributed by atoms with Gasteiger partial charge in [-0.1, -0.05) is 36.4 Å². The Kier molecular flexibility index (Phi) is 1.88. The van der Waals surface area contributed by atoms with Crippen molar-refractivity contribution in [3.8, 4) is 0 Å². The van der Waals surface area contributed by atoms with Crippen LogP contribution in [0.3, 0.4) is 0 Å². The molecule has 0 bridgehead atoms. The van der Waals surface area contributed by atoms with Gasteiger partial charge in [0.1, 0.15) is 0 Å². The minimum Gasteiger partial charge on any atom is -0.321 e. The summed E-state index contributed by atoms with van der Waals surface area (Å²) >= 11 is 1.69. The Bertz CT molecular complexity index is 949. The second-order valence-electron chi connectivity index (χ2n) is 4.30. The van der Waals surface area contributed by atoms with E-state index in [1.54, 1.807) is 11.3 Å². The van der Waals surface area contributed by atoms with Crippen LogP contribution in [0.4, 0.5) is 0 Å². The average Bonchev–Trinajstić information content (AvgIpc) is 2.79. The van der Waals surface area contributed by atoms with Crippen molar-refractivity contribution in [2.24, 2.45) is 0 Å². The molecule has 2 heterocycles. The lowest BCUT2D eigenvalue weighted by Gasteiger charge is -1.98. The van der Waals surface area contributed by atoms with E-state index in [1.165, 1.54) is 0 Å². The molecule has 0 aliphatic heterocycles. The first-order chi connectivity index (χ1) is 8.84. The van der Waals surface area contributed by atoms with Gasteiger partial charge in [-0.25, -0.2) is 0 Å². The zero-order chi connectivity index (χ0) is 12.1. The van der Waals surface area contributed by atoms with Crippen LogP contribution in [0.1, 0.15) is 0 Å². The largest absolute Gasteiger partial charge is 0.321 e. The van der Waals surface area contributed by atoms with Crippen LogP contribution in [0.5, 0.6) is 0 Å². The summed E-state index contributed by atoms with van der Waals surface area (Å²) < 4.78 is 2.24. The first-order valence-electron chi connectivity index (χ1n) is 5.77. The van der Waals surface area contributed by atoms with Crippen LogP contribution in [-0.2, 0) is 0 Å². The fraction of sp³-hybridized carbons (Fsp3) is 0. The van der Waals surface area contributed by atoms with Crippen LogP contribution in [0.15, 0.2) is 53.3 Å². The van der Waals surface area contributed by atoms with Crippen LogP contribution in [0.25, 0.3) is 31.1 Å². The Labute approximate surface area is 106 Å². The Morgan fingerprint density at radius 2 is 1.61 bits per heavy atom. The summed E-state index contributed by atoms with van der Waals surface area (Å²) in [7, 11) is 0. The fourth-order valence-corrected chi connectivity index (χ4v) is 3.67. The Morgan fingerprint density at radius 1 is 0.889 bits per heavy atom. The maximum atomic E-state index is 12.2. The van der Waals surface area contributed by atoms with Crippen molar-refractivity contribution in [1.82, 2.24) is 4.98 Å². The van der Waals surface area contributed by atoms with Crippen molar-refractivity contribution >= 4 is 42.4 Å². The van der Waals surface area contributed by atoms with E-state index in [2.05, 4.69) is 17.1 Å². The molecule has 86 valence electrons. The molecule has 0 atom stereocenters. The molecule has 0 aliphatic carbocycles. The van der Waals surface area contributed by atoms with Gasteiger partial charge in [-0.2, -0.15) is 0 Å². The molecule has 0 unspecified atom stereocenters. The molecule has 3 heteroatoms. The summed E-state index contributed by atoms with van der Waals surface area (Å²) in [6, 6.07) is 16.0. The van der Waals surface area contributed by atoms with Gasteiger partial charge in [0.15, 0.2) is 0 Å². The van der Waals surface area contributed by atoms with Gasteiger partial charge in [-0.3, -0.25) is 4.79 Å². The van der Waals surface area contributed by atoms with Gasteiger partial charge in [0, 0.05) is 21.0 Å². The Morgan fingerprint density at radius 3 is 2.50 bits per heavy atom. The lowest BCUT2D eigenvalue weighted by Crippen LogP contribution is -2.04. The van der Waals surface area contributed by atoms with Crippen molar-refractivity contribution in [1.29, 1.82) is 0 Å². The van der Waals surface area contributed by atoms with Crippen molar-refractivity contribution in [3.05, 3.63) is 58.9 Å². The lowest BCUT2D eigenvalue weighted by atomic mass is 10.1. The summed E-state index contributed by atoms with van der Waals surface area (Å²) in [6.45, 7) is 0. The smallest absolute Gasteiger partial charge is 0.257 e. The van der Waals surface area contributed by atoms with Crippen LogP contribution in [-0.4, -0.2) is 4.98 Å². The first kappa shape index (κ1) is 9.85. The molecule has 0 amide bonds. The van der Waals surface area contributed by atoms with Gasteiger partial charge in [-0.15, -0.1) is 11.3 Å². The SMILES string of the molecule is O=c1[nH]c2ccccc2c2sc3ccccc3c12. The van der Waals surface area contributed by atoms with E-state index in [0.717, 1.165) is 31.1 Å². The maximum absolute atomic E-state index is 12.2. The molecular formula is C15H9NOS. The van der Waals surface area contributed by atoms with Gasteiger partial charge in [0.05, 0.1) is 10.1 Å². The number of para-hydroxylation sites is 1. The van der Waals surface area contributed by atoms with Gasteiger partial charge >= 0.3 is 0 Å². The summed E-state index contributed by atoms with van der Waals surface area (Å²) in [5.41, 5.74) is 0.905. The minimum absolute atomic E-state index is 0.00106. The molecule has 0 saturated heterocycles.